The van der Waals surface area contributed by atoms with E-state index in [-0.39, 0.29) is 0 Å². The number of nitrogens with one attached hydrogen (secondary N) is 1. The maximum absolute atomic E-state index is 5.79. The summed E-state index contributed by atoms with van der Waals surface area (Å²) in [7, 11) is 0. The molecule has 1 heterocycles. The number of imidazole rings is 1. The summed E-state index contributed by atoms with van der Waals surface area (Å²) in [6.07, 6.45) is 5.13. The molecule has 4 nitrogen and oxygen atoms in total. The van der Waals surface area contributed by atoms with E-state index in [0.29, 0.717) is 12.1 Å². The molecule has 0 radical (unpaired) electrons. The van der Waals surface area contributed by atoms with Crippen LogP contribution >= 0.6 is 0 Å². The summed E-state index contributed by atoms with van der Waals surface area (Å²) in [5.74, 6) is 0. The average molecular weight is 217 g/mol. The highest BCUT2D eigenvalue weighted by molar-refractivity contribution is 5.79. The van der Waals surface area contributed by atoms with Crippen LogP contribution in [-0.4, -0.2) is 16.1 Å². The molecule has 0 bridgehead atoms. The van der Waals surface area contributed by atoms with Gasteiger partial charge in [0, 0.05) is 5.69 Å². The second-order valence-electron chi connectivity index (χ2n) is 4.34. The Labute approximate surface area is 93.8 Å². The third-order valence-corrected chi connectivity index (χ3v) is 3.06. The average Bonchev–Trinajstić information content (AvgIpc) is 2.86. The molecule has 4 heteroatoms. The molecule has 1 saturated carbocycles. The van der Waals surface area contributed by atoms with Gasteiger partial charge in [-0.25, -0.2) is 0 Å². The molecule has 0 unspecified atom stereocenters. The van der Waals surface area contributed by atoms with Crippen LogP contribution in [0.25, 0.3) is 11.0 Å². The highest BCUT2D eigenvalue weighted by atomic mass is 16.5. The maximum Gasteiger partial charge on any atom is 0.294 e. The normalized spacial score (nSPS) is 17.0. The van der Waals surface area contributed by atoms with Crippen molar-refractivity contribution in [1.29, 1.82) is 0 Å². The summed E-state index contributed by atoms with van der Waals surface area (Å²) >= 11 is 0. The molecule has 1 aromatic heterocycles. The van der Waals surface area contributed by atoms with Gasteiger partial charge in [-0.2, -0.15) is 4.98 Å². The van der Waals surface area contributed by atoms with Gasteiger partial charge in [0.2, 0.25) is 0 Å². The Hall–Kier alpha value is -1.71. The second kappa shape index (κ2) is 3.70. The van der Waals surface area contributed by atoms with Gasteiger partial charge in [0.1, 0.15) is 6.10 Å². The lowest BCUT2D eigenvalue weighted by Crippen LogP contribution is -2.11. The number of benzene rings is 1. The first-order chi connectivity index (χ1) is 7.81. The number of rotatable bonds is 2. The van der Waals surface area contributed by atoms with Crippen molar-refractivity contribution in [3.8, 4) is 6.01 Å². The van der Waals surface area contributed by atoms with Crippen molar-refractivity contribution in [3.05, 3.63) is 18.2 Å². The third-order valence-electron chi connectivity index (χ3n) is 3.06. The van der Waals surface area contributed by atoms with Gasteiger partial charge in [-0.1, -0.05) is 0 Å². The molecule has 1 aliphatic carbocycles. The van der Waals surface area contributed by atoms with Crippen LogP contribution < -0.4 is 10.5 Å². The van der Waals surface area contributed by atoms with Gasteiger partial charge in [0.05, 0.1) is 11.0 Å². The van der Waals surface area contributed by atoms with Gasteiger partial charge >= 0.3 is 0 Å². The lowest BCUT2D eigenvalue weighted by molar-refractivity contribution is 0.195. The first-order valence-electron chi connectivity index (χ1n) is 5.73. The summed E-state index contributed by atoms with van der Waals surface area (Å²) < 4.78 is 5.79. The Bertz CT molecular complexity index is 500. The van der Waals surface area contributed by atoms with Crippen molar-refractivity contribution in [3.63, 3.8) is 0 Å². The molecule has 84 valence electrons. The SMILES string of the molecule is Nc1ccc2nc(OC3CCCC3)[nH]c2c1. The summed E-state index contributed by atoms with van der Waals surface area (Å²) in [4.78, 5) is 7.53. The van der Waals surface area contributed by atoms with Gasteiger partial charge < -0.3 is 15.5 Å². The minimum Gasteiger partial charge on any atom is -0.461 e. The molecule has 0 saturated heterocycles. The largest absolute Gasteiger partial charge is 0.461 e. The molecule has 16 heavy (non-hydrogen) atoms. The van der Waals surface area contributed by atoms with Crippen LogP contribution in [0, 0.1) is 0 Å². The molecule has 0 aliphatic heterocycles. The molecule has 1 aliphatic rings. The Kier molecular flexibility index (Phi) is 2.20. The zero-order chi connectivity index (χ0) is 11.0. The Morgan fingerprint density at radius 3 is 2.94 bits per heavy atom. The van der Waals surface area contributed by atoms with Gasteiger partial charge in [-0.05, 0) is 43.9 Å². The van der Waals surface area contributed by atoms with Crippen molar-refractivity contribution < 1.29 is 4.74 Å². The number of nitrogen functional groups attached to an aromatic ring is 1. The number of nitrogens with zero attached hydrogens (tertiary/aromatic N) is 1. The van der Waals surface area contributed by atoms with Crippen LogP contribution in [0.4, 0.5) is 5.69 Å². The third kappa shape index (κ3) is 1.71. The van der Waals surface area contributed by atoms with Crippen molar-refractivity contribution in [2.75, 3.05) is 5.73 Å². The van der Waals surface area contributed by atoms with E-state index in [0.717, 1.165) is 29.6 Å². The van der Waals surface area contributed by atoms with Crippen LogP contribution in [0.5, 0.6) is 6.01 Å². The van der Waals surface area contributed by atoms with Crippen molar-refractivity contribution in [2.24, 2.45) is 0 Å². The molecule has 3 rings (SSSR count). The fourth-order valence-electron chi connectivity index (χ4n) is 2.22. The monoisotopic (exact) mass is 217 g/mol. The predicted molar refractivity (Wildman–Crippen MR) is 63.4 cm³/mol. The zero-order valence-corrected chi connectivity index (χ0v) is 9.07. The number of aromatic nitrogens is 2. The van der Waals surface area contributed by atoms with E-state index in [2.05, 4.69) is 9.97 Å². The van der Waals surface area contributed by atoms with E-state index in [9.17, 15) is 0 Å². The van der Waals surface area contributed by atoms with E-state index in [1.807, 2.05) is 18.2 Å². The van der Waals surface area contributed by atoms with Crippen LogP contribution in [-0.2, 0) is 0 Å². The standard InChI is InChI=1S/C12H15N3O/c13-8-5-6-10-11(7-8)15-12(14-10)16-9-3-1-2-4-9/h5-7,9H,1-4,13H2,(H,14,15). The van der Waals surface area contributed by atoms with E-state index in [1.165, 1.54) is 12.8 Å². The fraction of sp³-hybridized carbons (Fsp3) is 0.417. The first kappa shape index (κ1) is 9.51. The molecule has 0 atom stereocenters. The summed E-state index contributed by atoms with van der Waals surface area (Å²) in [6, 6.07) is 6.25. The van der Waals surface area contributed by atoms with Gasteiger partial charge in [-0.15, -0.1) is 0 Å². The molecular weight excluding hydrogens is 202 g/mol. The maximum atomic E-state index is 5.79. The Morgan fingerprint density at radius 1 is 1.31 bits per heavy atom. The lowest BCUT2D eigenvalue weighted by atomic mass is 10.3. The van der Waals surface area contributed by atoms with Crippen molar-refractivity contribution in [1.82, 2.24) is 9.97 Å². The molecular formula is C12H15N3O. The first-order valence-corrected chi connectivity index (χ1v) is 5.73. The highest BCUT2D eigenvalue weighted by Gasteiger charge is 2.17. The minimum absolute atomic E-state index is 0.331. The topological polar surface area (TPSA) is 63.9 Å². The quantitative estimate of drug-likeness (QED) is 0.759. The number of H-pyrrole nitrogens is 1. The zero-order valence-electron chi connectivity index (χ0n) is 9.07. The van der Waals surface area contributed by atoms with E-state index in [1.54, 1.807) is 0 Å². The number of aromatic amines is 1. The van der Waals surface area contributed by atoms with E-state index < -0.39 is 0 Å². The summed E-state index contributed by atoms with van der Waals surface area (Å²) in [5, 5.41) is 0. The Morgan fingerprint density at radius 2 is 2.12 bits per heavy atom. The summed E-state index contributed by atoms with van der Waals surface area (Å²) in [5.41, 5.74) is 8.29. The molecule has 0 amide bonds. The summed E-state index contributed by atoms with van der Waals surface area (Å²) in [6.45, 7) is 0. The smallest absolute Gasteiger partial charge is 0.294 e. The lowest BCUT2D eigenvalue weighted by Gasteiger charge is -2.08. The molecule has 2 aromatic rings. The minimum atomic E-state index is 0.331. The molecule has 3 N–H and O–H groups in total. The highest BCUT2D eigenvalue weighted by Crippen LogP contribution is 2.24. The number of fused-ring (bicyclic) bond motifs is 1. The number of hydrogen-bond acceptors (Lipinski definition) is 3. The number of hydrogen-bond donors (Lipinski definition) is 2. The Balaban J connectivity index is 1.86. The van der Waals surface area contributed by atoms with Gasteiger partial charge in [0.15, 0.2) is 0 Å². The predicted octanol–water partition coefficient (Wildman–Crippen LogP) is 2.47. The molecule has 0 spiro atoms. The number of nitrogens with two attached hydrogens (primary N) is 1. The van der Waals surface area contributed by atoms with E-state index >= 15 is 0 Å². The second-order valence-corrected chi connectivity index (χ2v) is 4.34. The van der Waals surface area contributed by atoms with Crippen LogP contribution in [0.1, 0.15) is 25.7 Å². The van der Waals surface area contributed by atoms with Gasteiger partial charge in [0.25, 0.3) is 6.01 Å². The number of anilines is 1. The molecule has 1 fully saturated rings. The van der Waals surface area contributed by atoms with E-state index in [4.69, 9.17) is 10.5 Å². The molecule has 1 aromatic carbocycles. The number of ether oxygens (including phenoxy) is 1. The van der Waals surface area contributed by atoms with Crippen LogP contribution in [0.2, 0.25) is 0 Å². The van der Waals surface area contributed by atoms with Crippen molar-refractivity contribution in [2.45, 2.75) is 31.8 Å². The van der Waals surface area contributed by atoms with Gasteiger partial charge in [-0.3, -0.25) is 0 Å². The van der Waals surface area contributed by atoms with Crippen LogP contribution in [0.3, 0.4) is 0 Å². The van der Waals surface area contributed by atoms with Crippen molar-refractivity contribution >= 4 is 16.7 Å². The van der Waals surface area contributed by atoms with Crippen LogP contribution in [0.15, 0.2) is 18.2 Å². The fourth-order valence-corrected chi connectivity index (χ4v) is 2.22.